The first-order chi connectivity index (χ1) is 12.2. The van der Waals surface area contributed by atoms with Crippen molar-refractivity contribution in [2.45, 2.75) is 64.8 Å². The van der Waals surface area contributed by atoms with Gasteiger partial charge in [-0.3, -0.25) is 4.57 Å². The minimum absolute atomic E-state index is 0.219. The van der Waals surface area contributed by atoms with Crippen LogP contribution in [0, 0.1) is 0 Å². The van der Waals surface area contributed by atoms with Crippen molar-refractivity contribution >= 4 is 13.7 Å². The Morgan fingerprint density at radius 2 is 1.81 bits per heavy atom. The number of benzene rings is 1. The zero-order chi connectivity index (χ0) is 19.4. The van der Waals surface area contributed by atoms with E-state index >= 15 is 0 Å². The SMILES string of the molecule is CCOP(=O)(OCC)[C@@]1(NC(=O)OC(C)(C)C)CCCc2ccccc21. The highest BCUT2D eigenvalue weighted by Gasteiger charge is 2.55. The van der Waals surface area contributed by atoms with E-state index in [1.54, 1.807) is 34.6 Å². The van der Waals surface area contributed by atoms with Crippen LogP contribution in [-0.4, -0.2) is 24.9 Å². The van der Waals surface area contributed by atoms with Crippen molar-refractivity contribution in [3.63, 3.8) is 0 Å². The van der Waals surface area contributed by atoms with Gasteiger partial charge in [-0.25, -0.2) is 4.79 Å². The number of hydrogen-bond acceptors (Lipinski definition) is 5. The summed E-state index contributed by atoms with van der Waals surface area (Å²) in [5.41, 5.74) is 1.15. The van der Waals surface area contributed by atoms with Gasteiger partial charge < -0.3 is 19.1 Å². The van der Waals surface area contributed by atoms with Crippen LogP contribution in [0.25, 0.3) is 0 Å². The average Bonchev–Trinajstić information content (AvgIpc) is 2.53. The lowest BCUT2D eigenvalue weighted by molar-refractivity contribution is 0.0455. The summed E-state index contributed by atoms with van der Waals surface area (Å²) in [6.07, 6.45) is 1.44. The summed E-state index contributed by atoms with van der Waals surface area (Å²) in [6, 6.07) is 7.69. The molecule has 1 aliphatic rings. The van der Waals surface area contributed by atoms with E-state index in [0.29, 0.717) is 6.42 Å². The van der Waals surface area contributed by atoms with E-state index in [2.05, 4.69) is 5.32 Å². The van der Waals surface area contributed by atoms with Gasteiger partial charge in [0.05, 0.1) is 13.2 Å². The van der Waals surface area contributed by atoms with Crippen LogP contribution >= 0.6 is 7.60 Å². The third-order valence-electron chi connectivity index (χ3n) is 4.22. The van der Waals surface area contributed by atoms with E-state index in [1.165, 1.54) is 0 Å². The number of fused-ring (bicyclic) bond motifs is 1. The Morgan fingerprint density at radius 1 is 1.19 bits per heavy atom. The molecule has 0 saturated carbocycles. The Morgan fingerprint density at radius 3 is 2.38 bits per heavy atom. The van der Waals surface area contributed by atoms with Crippen LogP contribution < -0.4 is 5.32 Å². The van der Waals surface area contributed by atoms with E-state index in [4.69, 9.17) is 13.8 Å². The van der Waals surface area contributed by atoms with Gasteiger partial charge in [0.15, 0.2) is 5.28 Å². The Bertz CT molecular complexity index is 675. The van der Waals surface area contributed by atoms with Gasteiger partial charge in [-0.15, -0.1) is 0 Å². The standard InChI is InChI=1S/C19H30NO5P/c1-6-23-26(22,24-7-2)19(20-17(21)25-18(3,4)5)14-10-12-15-11-8-9-13-16(15)19/h8-9,11,13H,6-7,10,12,14H2,1-5H3,(H,20,21)/t19-/m0/s1. The molecule has 1 aromatic carbocycles. The molecule has 1 aliphatic carbocycles. The monoisotopic (exact) mass is 383 g/mol. The van der Waals surface area contributed by atoms with Crippen LogP contribution in [-0.2, 0) is 30.1 Å². The van der Waals surface area contributed by atoms with Crippen LogP contribution in [0.2, 0.25) is 0 Å². The molecule has 1 atom stereocenters. The second-order valence-corrected chi connectivity index (χ2v) is 9.61. The molecule has 7 heteroatoms. The predicted molar refractivity (Wildman–Crippen MR) is 101 cm³/mol. The quantitative estimate of drug-likeness (QED) is 0.702. The van der Waals surface area contributed by atoms with Crippen molar-refractivity contribution in [3.8, 4) is 0 Å². The van der Waals surface area contributed by atoms with Crippen molar-refractivity contribution in [2.75, 3.05) is 13.2 Å². The van der Waals surface area contributed by atoms with Crippen LogP contribution in [0.4, 0.5) is 4.79 Å². The van der Waals surface area contributed by atoms with E-state index in [9.17, 15) is 9.36 Å². The fourth-order valence-electron chi connectivity index (χ4n) is 3.36. The maximum atomic E-state index is 13.8. The smallest absolute Gasteiger partial charge is 0.408 e. The molecular formula is C19H30NO5P. The van der Waals surface area contributed by atoms with E-state index in [-0.39, 0.29) is 13.2 Å². The van der Waals surface area contributed by atoms with Gasteiger partial charge in [0.1, 0.15) is 5.60 Å². The number of carbonyl (C=O) groups excluding carboxylic acids is 1. The summed E-state index contributed by atoms with van der Waals surface area (Å²) in [5.74, 6) is 0. The molecule has 0 heterocycles. The van der Waals surface area contributed by atoms with E-state index in [1.807, 2.05) is 24.3 Å². The number of nitrogens with one attached hydrogen (secondary N) is 1. The summed E-state index contributed by atoms with van der Waals surface area (Å²) in [4.78, 5) is 12.6. The first-order valence-corrected chi connectivity index (χ1v) is 10.7. The van der Waals surface area contributed by atoms with Gasteiger partial charge in [-0.1, -0.05) is 24.3 Å². The van der Waals surface area contributed by atoms with Crippen LogP contribution in [0.15, 0.2) is 24.3 Å². The number of amides is 1. The molecule has 0 radical (unpaired) electrons. The van der Waals surface area contributed by atoms with Crippen LogP contribution in [0.1, 0.15) is 58.6 Å². The molecule has 0 bridgehead atoms. The normalized spacial score (nSPS) is 20.3. The molecular weight excluding hydrogens is 353 g/mol. The fraction of sp³-hybridized carbons (Fsp3) is 0.632. The summed E-state index contributed by atoms with van der Waals surface area (Å²) >= 11 is 0. The summed E-state index contributed by atoms with van der Waals surface area (Å²) in [6.45, 7) is 9.34. The minimum atomic E-state index is -3.69. The van der Waals surface area contributed by atoms with Gasteiger partial charge in [-0.2, -0.15) is 0 Å². The van der Waals surface area contributed by atoms with Crippen molar-refractivity contribution in [2.24, 2.45) is 0 Å². The number of ether oxygens (including phenoxy) is 1. The molecule has 0 spiro atoms. The molecule has 0 aromatic heterocycles. The zero-order valence-corrected chi connectivity index (χ0v) is 17.2. The lowest BCUT2D eigenvalue weighted by Gasteiger charge is -2.43. The molecule has 0 fully saturated rings. The first kappa shape index (κ1) is 20.9. The lowest BCUT2D eigenvalue weighted by atomic mass is 9.87. The molecule has 1 aromatic rings. The Hall–Kier alpha value is -1.36. The fourth-order valence-corrected chi connectivity index (χ4v) is 5.73. The Labute approximate surface area is 156 Å². The molecule has 1 amide bonds. The third-order valence-corrected chi connectivity index (χ3v) is 6.93. The summed E-state index contributed by atoms with van der Waals surface area (Å²) in [7, 11) is -3.69. The Balaban J connectivity index is 2.56. The second-order valence-electron chi connectivity index (χ2n) is 7.33. The predicted octanol–water partition coefficient (Wildman–Crippen LogP) is 4.97. The van der Waals surface area contributed by atoms with Gasteiger partial charge in [0.25, 0.3) is 0 Å². The summed E-state index contributed by atoms with van der Waals surface area (Å²) in [5, 5.41) is 1.63. The van der Waals surface area contributed by atoms with Gasteiger partial charge in [0.2, 0.25) is 0 Å². The van der Waals surface area contributed by atoms with Crippen molar-refractivity contribution in [1.29, 1.82) is 0 Å². The molecule has 0 unspecified atom stereocenters. The lowest BCUT2D eigenvalue weighted by Crippen LogP contribution is -2.50. The van der Waals surface area contributed by atoms with E-state index < -0.39 is 24.6 Å². The number of rotatable bonds is 6. The second kappa shape index (κ2) is 8.12. The molecule has 26 heavy (non-hydrogen) atoms. The number of aryl methyl sites for hydroxylation is 1. The van der Waals surface area contributed by atoms with Gasteiger partial charge in [0, 0.05) is 0 Å². The van der Waals surface area contributed by atoms with Crippen molar-refractivity contribution < 1.29 is 23.1 Å². The molecule has 2 rings (SSSR count). The van der Waals surface area contributed by atoms with Crippen molar-refractivity contribution in [3.05, 3.63) is 35.4 Å². The van der Waals surface area contributed by atoms with Crippen LogP contribution in [0.3, 0.4) is 0 Å². The maximum absolute atomic E-state index is 13.8. The average molecular weight is 383 g/mol. The van der Waals surface area contributed by atoms with E-state index in [0.717, 1.165) is 24.0 Å². The molecule has 0 aliphatic heterocycles. The topological polar surface area (TPSA) is 73.9 Å². The first-order valence-electron chi connectivity index (χ1n) is 9.16. The highest BCUT2D eigenvalue weighted by Crippen LogP contribution is 2.67. The van der Waals surface area contributed by atoms with Gasteiger partial charge in [-0.05, 0) is 65.0 Å². The van der Waals surface area contributed by atoms with Gasteiger partial charge >= 0.3 is 13.7 Å². The molecule has 0 saturated heterocycles. The number of alkyl carbamates (subject to hydrolysis) is 1. The zero-order valence-electron chi connectivity index (χ0n) is 16.3. The van der Waals surface area contributed by atoms with Crippen LogP contribution in [0.5, 0.6) is 0 Å². The summed E-state index contributed by atoms with van der Waals surface area (Å²) < 4.78 is 30.6. The molecule has 6 nitrogen and oxygen atoms in total. The third kappa shape index (κ3) is 4.30. The molecule has 1 N–H and O–H groups in total. The highest BCUT2D eigenvalue weighted by atomic mass is 31.2. The van der Waals surface area contributed by atoms with Crippen molar-refractivity contribution in [1.82, 2.24) is 5.32 Å². The number of hydrogen-bond donors (Lipinski definition) is 1. The maximum Gasteiger partial charge on any atom is 0.408 e. The Kier molecular flexibility index (Phi) is 6.54. The largest absolute Gasteiger partial charge is 0.444 e. The minimum Gasteiger partial charge on any atom is -0.444 e. The number of carbonyl (C=O) groups is 1. The highest BCUT2D eigenvalue weighted by molar-refractivity contribution is 7.55. The molecule has 146 valence electrons.